The van der Waals surface area contributed by atoms with Gasteiger partial charge in [0.2, 0.25) is 5.91 Å². The van der Waals surface area contributed by atoms with E-state index in [9.17, 15) is 4.79 Å². The molecule has 0 radical (unpaired) electrons. The van der Waals surface area contributed by atoms with Crippen molar-refractivity contribution >= 4 is 11.7 Å². The van der Waals surface area contributed by atoms with E-state index in [2.05, 4.69) is 22.2 Å². The fourth-order valence-electron chi connectivity index (χ4n) is 2.22. The number of carbonyl (C=O) groups excluding carboxylic acids is 1. The van der Waals surface area contributed by atoms with Gasteiger partial charge in [0.25, 0.3) is 0 Å². The van der Waals surface area contributed by atoms with E-state index in [-0.39, 0.29) is 11.8 Å². The first-order valence-corrected chi connectivity index (χ1v) is 6.08. The molecule has 1 aliphatic rings. The SMILES string of the molecule is Cc1cccc(NC(=O)C2CCCN(C)C2)n1. The first kappa shape index (κ1) is 12.0. The summed E-state index contributed by atoms with van der Waals surface area (Å²) in [6.45, 7) is 3.86. The number of nitrogens with one attached hydrogen (secondary N) is 1. The van der Waals surface area contributed by atoms with E-state index in [1.165, 1.54) is 0 Å². The van der Waals surface area contributed by atoms with Gasteiger partial charge < -0.3 is 10.2 Å². The molecule has 4 heteroatoms. The Labute approximate surface area is 102 Å². The number of amides is 1. The molecule has 1 atom stereocenters. The van der Waals surface area contributed by atoms with Crippen LogP contribution in [-0.2, 0) is 4.79 Å². The zero-order chi connectivity index (χ0) is 12.3. The van der Waals surface area contributed by atoms with Crippen LogP contribution in [0.2, 0.25) is 0 Å². The Morgan fingerprint density at radius 1 is 1.53 bits per heavy atom. The van der Waals surface area contributed by atoms with Crippen LogP contribution < -0.4 is 5.32 Å². The molecule has 0 saturated carbocycles. The predicted molar refractivity (Wildman–Crippen MR) is 67.8 cm³/mol. The van der Waals surface area contributed by atoms with Crippen molar-refractivity contribution in [1.82, 2.24) is 9.88 Å². The highest BCUT2D eigenvalue weighted by Crippen LogP contribution is 2.17. The van der Waals surface area contributed by atoms with E-state index in [1.807, 2.05) is 25.1 Å². The first-order valence-electron chi connectivity index (χ1n) is 6.08. The van der Waals surface area contributed by atoms with Crippen molar-refractivity contribution in [3.63, 3.8) is 0 Å². The average molecular weight is 233 g/mol. The number of pyridine rings is 1. The second-order valence-electron chi connectivity index (χ2n) is 4.75. The van der Waals surface area contributed by atoms with Crippen LogP contribution in [0.1, 0.15) is 18.5 Å². The zero-order valence-electron chi connectivity index (χ0n) is 10.4. The Morgan fingerprint density at radius 3 is 3.06 bits per heavy atom. The lowest BCUT2D eigenvalue weighted by atomic mass is 9.98. The molecule has 1 aliphatic heterocycles. The highest BCUT2D eigenvalue weighted by atomic mass is 16.2. The van der Waals surface area contributed by atoms with Crippen molar-refractivity contribution in [3.05, 3.63) is 23.9 Å². The third-order valence-corrected chi connectivity index (χ3v) is 3.13. The minimum Gasteiger partial charge on any atom is -0.310 e. The Kier molecular flexibility index (Phi) is 3.74. The average Bonchev–Trinajstić information content (AvgIpc) is 2.29. The van der Waals surface area contributed by atoms with E-state index in [0.29, 0.717) is 5.82 Å². The van der Waals surface area contributed by atoms with Crippen molar-refractivity contribution in [2.45, 2.75) is 19.8 Å². The normalized spacial score (nSPS) is 21.2. The smallest absolute Gasteiger partial charge is 0.229 e. The quantitative estimate of drug-likeness (QED) is 0.845. The predicted octanol–water partition coefficient (Wildman–Crippen LogP) is 1.67. The summed E-state index contributed by atoms with van der Waals surface area (Å²) in [5.41, 5.74) is 0.920. The van der Waals surface area contributed by atoms with Gasteiger partial charge in [0, 0.05) is 12.2 Å². The molecule has 2 heterocycles. The third kappa shape index (κ3) is 3.27. The molecule has 1 fully saturated rings. The number of aromatic nitrogens is 1. The highest BCUT2D eigenvalue weighted by molar-refractivity contribution is 5.91. The van der Waals surface area contributed by atoms with Crippen molar-refractivity contribution in [2.24, 2.45) is 5.92 Å². The molecule has 0 aromatic carbocycles. The molecule has 92 valence electrons. The molecule has 17 heavy (non-hydrogen) atoms. The molecule has 1 aromatic rings. The summed E-state index contributed by atoms with van der Waals surface area (Å²) in [5.74, 6) is 0.842. The first-order chi connectivity index (χ1) is 8.15. The largest absolute Gasteiger partial charge is 0.310 e. The molecule has 2 rings (SSSR count). The molecular weight excluding hydrogens is 214 g/mol. The Hall–Kier alpha value is -1.42. The highest BCUT2D eigenvalue weighted by Gasteiger charge is 2.23. The number of carbonyl (C=O) groups is 1. The fourth-order valence-corrected chi connectivity index (χ4v) is 2.22. The van der Waals surface area contributed by atoms with E-state index < -0.39 is 0 Å². The summed E-state index contributed by atoms with van der Waals surface area (Å²) >= 11 is 0. The van der Waals surface area contributed by atoms with Crippen molar-refractivity contribution in [2.75, 3.05) is 25.5 Å². The van der Waals surface area contributed by atoms with Gasteiger partial charge in [-0.2, -0.15) is 0 Å². The molecule has 4 nitrogen and oxygen atoms in total. The number of rotatable bonds is 2. The summed E-state index contributed by atoms with van der Waals surface area (Å²) in [5, 5.41) is 2.90. The van der Waals surface area contributed by atoms with Crippen LogP contribution in [0, 0.1) is 12.8 Å². The number of likely N-dealkylation sites (tertiary alicyclic amines) is 1. The molecule has 1 N–H and O–H groups in total. The van der Waals surface area contributed by atoms with Crippen LogP contribution in [-0.4, -0.2) is 35.9 Å². The molecule has 1 unspecified atom stereocenters. The van der Waals surface area contributed by atoms with E-state index in [0.717, 1.165) is 31.6 Å². The number of piperidine rings is 1. The maximum absolute atomic E-state index is 12.0. The van der Waals surface area contributed by atoms with Gasteiger partial charge in [0.1, 0.15) is 5.82 Å². The minimum absolute atomic E-state index is 0.0923. The standard InChI is InChI=1S/C13H19N3O/c1-10-5-3-7-12(14-10)15-13(17)11-6-4-8-16(2)9-11/h3,5,7,11H,4,6,8-9H2,1-2H3,(H,14,15,17). The van der Waals surface area contributed by atoms with E-state index >= 15 is 0 Å². The summed E-state index contributed by atoms with van der Waals surface area (Å²) in [6, 6.07) is 5.66. The van der Waals surface area contributed by atoms with Gasteiger partial charge in [-0.05, 0) is 45.5 Å². The number of hydrogen-bond donors (Lipinski definition) is 1. The monoisotopic (exact) mass is 233 g/mol. The molecule has 1 aromatic heterocycles. The van der Waals surface area contributed by atoms with Crippen molar-refractivity contribution in [3.8, 4) is 0 Å². The summed E-state index contributed by atoms with van der Waals surface area (Å²) in [4.78, 5) is 18.5. The lowest BCUT2D eigenvalue weighted by Gasteiger charge is -2.28. The van der Waals surface area contributed by atoms with Crippen molar-refractivity contribution < 1.29 is 4.79 Å². The van der Waals surface area contributed by atoms with E-state index in [1.54, 1.807) is 0 Å². The van der Waals surface area contributed by atoms with Gasteiger partial charge in [-0.25, -0.2) is 4.98 Å². The number of nitrogens with zero attached hydrogens (tertiary/aromatic N) is 2. The van der Waals surface area contributed by atoms with Gasteiger partial charge in [0.05, 0.1) is 5.92 Å². The van der Waals surface area contributed by atoms with Gasteiger partial charge in [0.15, 0.2) is 0 Å². The van der Waals surface area contributed by atoms with Crippen molar-refractivity contribution in [1.29, 1.82) is 0 Å². The fraction of sp³-hybridized carbons (Fsp3) is 0.538. The third-order valence-electron chi connectivity index (χ3n) is 3.13. The van der Waals surface area contributed by atoms with Crippen LogP contribution in [0.3, 0.4) is 0 Å². The molecule has 1 saturated heterocycles. The summed E-state index contributed by atoms with van der Waals surface area (Å²) in [7, 11) is 2.06. The minimum atomic E-state index is 0.0923. The molecule has 0 aliphatic carbocycles. The van der Waals surface area contributed by atoms with Crippen LogP contribution in [0.15, 0.2) is 18.2 Å². The zero-order valence-corrected chi connectivity index (χ0v) is 10.4. The number of hydrogen-bond acceptors (Lipinski definition) is 3. The Morgan fingerprint density at radius 2 is 2.35 bits per heavy atom. The lowest BCUT2D eigenvalue weighted by Crippen LogP contribution is -2.38. The maximum atomic E-state index is 12.0. The van der Waals surface area contributed by atoms with Crippen LogP contribution in [0.4, 0.5) is 5.82 Å². The van der Waals surface area contributed by atoms with Crippen LogP contribution in [0.5, 0.6) is 0 Å². The lowest BCUT2D eigenvalue weighted by molar-refractivity contribution is -0.121. The molecular formula is C13H19N3O. The van der Waals surface area contributed by atoms with Crippen LogP contribution >= 0.6 is 0 Å². The number of anilines is 1. The van der Waals surface area contributed by atoms with Gasteiger partial charge in [-0.3, -0.25) is 4.79 Å². The number of aryl methyl sites for hydroxylation is 1. The topological polar surface area (TPSA) is 45.2 Å². The summed E-state index contributed by atoms with van der Waals surface area (Å²) < 4.78 is 0. The Bertz CT molecular complexity index is 405. The van der Waals surface area contributed by atoms with Gasteiger partial charge in [-0.15, -0.1) is 0 Å². The second-order valence-corrected chi connectivity index (χ2v) is 4.75. The molecule has 0 bridgehead atoms. The van der Waals surface area contributed by atoms with E-state index in [4.69, 9.17) is 0 Å². The Balaban J connectivity index is 1.96. The molecule has 1 amide bonds. The van der Waals surface area contributed by atoms with Crippen LogP contribution in [0.25, 0.3) is 0 Å². The molecule has 0 spiro atoms. The summed E-state index contributed by atoms with van der Waals surface area (Å²) in [6.07, 6.45) is 2.07. The maximum Gasteiger partial charge on any atom is 0.229 e. The van der Waals surface area contributed by atoms with Gasteiger partial charge >= 0.3 is 0 Å². The van der Waals surface area contributed by atoms with Gasteiger partial charge in [-0.1, -0.05) is 6.07 Å². The second kappa shape index (κ2) is 5.27.